The van der Waals surface area contributed by atoms with Crippen molar-refractivity contribution in [1.29, 1.82) is 0 Å². The molecule has 122 valence electrons. The fourth-order valence-electron chi connectivity index (χ4n) is 2.54. The van der Waals surface area contributed by atoms with E-state index in [2.05, 4.69) is 15.3 Å². The molecule has 3 aromatic rings. The van der Waals surface area contributed by atoms with Crippen LogP contribution in [0, 0.1) is 6.92 Å². The van der Waals surface area contributed by atoms with Crippen molar-refractivity contribution in [2.75, 3.05) is 0 Å². The van der Waals surface area contributed by atoms with E-state index in [1.54, 1.807) is 17.7 Å². The molecule has 1 amide bonds. The van der Waals surface area contributed by atoms with E-state index in [9.17, 15) is 9.59 Å². The summed E-state index contributed by atoms with van der Waals surface area (Å²) in [6.45, 7) is 2.38. The summed E-state index contributed by atoms with van der Waals surface area (Å²) >= 11 is 0. The molecule has 0 aliphatic carbocycles. The molecular formula is C18H18N4O2. The van der Waals surface area contributed by atoms with Crippen molar-refractivity contribution >= 4 is 16.9 Å². The number of rotatable bonds is 5. The minimum absolute atomic E-state index is 0.119. The summed E-state index contributed by atoms with van der Waals surface area (Å²) in [4.78, 5) is 32.8. The van der Waals surface area contributed by atoms with Gasteiger partial charge in [0.15, 0.2) is 0 Å². The monoisotopic (exact) mass is 322 g/mol. The molecule has 0 unspecified atom stereocenters. The van der Waals surface area contributed by atoms with Gasteiger partial charge in [0.2, 0.25) is 5.91 Å². The lowest BCUT2D eigenvalue weighted by Crippen LogP contribution is -2.29. The zero-order chi connectivity index (χ0) is 16.9. The molecule has 0 saturated carbocycles. The van der Waals surface area contributed by atoms with Gasteiger partial charge >= 0.3 is 0 Å². The highest BCUT2D eigenvalue weighted by atomic mass is 16.1. The van der Waals surface area contributed by atoms with Gasteiger partial charge in [-0.1, -0.05) is 18.2 Å². The molecule has 0 aliphatic rings. The van der Waals surface area contributed by atoms with Gasteiger partial charge in [0, 0.05) is 19.2 Å². The zero-order valence-corrected chi connectivity index (χ0v) is 13.4. The van der Waals surface area contributed by atoms with Gasteiger partial charge in [-0.25, -0.2) is 4.98 Å². The average Bonchev–Trinajstić information content (AvgIpc) is 2.61. The van der Waals surface area contributed by atoms with E-state index >= 15 is 0 Å². The van der Waals surface area contributed by atoms with Gasteiger partial charge in [0.1, 0.15) is 5.69 Å². The van der Waals surface area contributed by atoms with Gasteiger partial charge < -0.3 is 9.88 Å². The normalized spacial score (nSPS) is 10.7. The highest BCUT2D eigenvalue weighted by Gasteiger charge is 2.09. The Kier molecular flexibility index (Phi) is 4.65. The highest BCUT2D eigenvalue weighted by Crippen LogP contribution is 2.10. The molecule has 0 spiro atoms. The summed E-state index contributed by atoms with van der Waals surface area (Å²) in [5.74, 6) is -0.119. The van der Waals surface area contributed by atoms with Gasteiger partial charge in [-0.15, -0.1) is 0 Å². The van der Waals surface area contributed by atoms with E-state index < -0.39 is 0 Å². The first-order valence-corrected chi connectivity index (χ1v) is 7.78. The number of fused-ring (bicyclic) bond motifs is 1. The number of hydrogen-bond acceptors (Lipinski definition) is 4. The van der Waals surface area contributed by atoms with Crippen LogP contribution in [0.15, 0.2) is 53.5 Å². The van der Waals surface area contributed by atoms with Crippen molar-refractivity contribution in [2.45, 2.75) is 26.4 Å². The Morgan fingerprint density at radius 2 is 1.96 bits per heavy atom. The number of hydrogen-bond donors (Lipinski definition) is 1. The fraction of sp³-hybridized carbons (Fsp3) is 0.222. The van der Waals surface area contributed by atoms with E-state index in [0.29, 0.717) is 18.8 Å². The third kappa shape index (κ3) is 3.48. The number of carbonyl (C=O) groups is 1. The third-order valence-electron chi connectivity index (χ3n) is 3.77. The van der Waals surface area contributed by atoms with E-state index in [1.807, 2.05) is 42.5 Å². The fourth-order valence-corrected chi connectivity index (χ4v) is 2.54. The number of pyridine rings is 1. The van der Waals surface area contributed by atoms with Crippen LogP contribution in [-0.2, 0) is 17.9 Å². The van der Waals surface area contributed by atoms with Crippen LogP contribution < -0.4 is 10.9 Å². The van der Waals surface area contributed by atoms with Crippen LogP contribution in [0.5, 0.6) is 0 Å². The maximum atomic E-state index is 12.3. The molecular weight excluding hydrogens is 304 g/mol. The van der Waals surface area contributed by atoms with Crippen LogP contribution >= 0.6 is 0 Å². The second kappa shape index (κ2) is 7.04. The van der Waals surface area contributed by atoms with Crippen LogP contribution in [0.4, 0.5) is 0 Å². The molecule has 0 bridgehead atoms. The minimum Gasteiger partial charge on any atom is -0.350 e. The Bertz CT molecular complexity index is 919. The average molecular weight is 322 g/mol. The van der Waals surface area contributed by atoms with Crippen LogP contribution in [-0.4, -0.2) is 20.4 Å². The second-order valence-corrected chi connectivity index (χ2v) is 5.49. The van der Waals surface area contributed by atoms with Crippen LogP contribution in [0.1, 0.15) is 17.8 Å². The van der Waals surface area contributed by atoms with Crippen molar-refractivity contribution in [3.63, 3.8) is 0 Å². The van der Waals surface area contributed by atoms with Crippen molar-refractivity contribution in [3.8, 4) is 0 Å². The topological polar surface area (TPSA) is 76.9 Å². The molecule has 0 saturated heterocycles. The lowest BCUT2D eigenvalue weighted by atomic mass is 10.2. The van der Waals surface area contributed by atoms with Crippen molar-refractivity contribution in [1.82, 2.24) is 19.9 Å². The maximum Gasteiger partial charge on any atom is 0.272 e. The number of amides is 1. The van der Waals surface area contributed by atoms with Crippen molar-refractivity contribution in [3.05, 3.63) is 70.4 Å². The number of nitrogens with zero attached hydrogens (tertiary/aromatic N) is 3. The Morgan fingerprint density at radius 3 is 2.75 bits per heavy atom. The van der Waals surface area contributed by atoms with E-state index in [1.165, 1.54) is 0 Å². The van der Waals surface area contributed by atoms with Gasteiger partial charge in [-0.05, 0) is 31.2 Å². The van der Waals surface area contributed by atoms with Gasteiger partial charge in [0.25, 0.3) is 5.56 Å². The molecule has 1 N–H and O–H groups in total. The number of aryl methyl sites for hydroxylation is 2. The first kappa shape index (κ1) is 15.9. The Morgan fingerprint density at radius 1 is 1.17 bits per heavy atom. The number of benzene rings is 1. The molecule has 0 radical (unpaired) electrons. The van der Waals surface area contributed by atoms with Crippen molar-refractivity contribution < 1.29 is 4.79 Å². The van der Waals surface area contributed by atoms with E-state index in [-0.39, 0.29) is 17.9 Å². The SMILES string of the molecule is Cc1nc2ccccc2n(CCC(=O)NCc2ccccn2)c1=O. The third-order valence-corrected chi connectivity index (χ3v) is 3.77. The van der Waals surface area contributed by atoms with Gasteiger partial charge in [-0.3, -0.25) is 14.6 Å². The summed E-state index contributed by atoms with van der Waals surface area (Å²) in [5, 5.41) is 2.82. The summed E-state index contributed by atoms with van der Waals surface area (Å²) < 4.78 is 1.61. The first-order chi connectivity index (χ1) is 11.6. The molecule has 2 aromatic heterocycles. The zero-order valence-electron chi connectivity index (χ0n) is 13.4. The molecule has 0 aliphatic heterocycles. The summed E-state index contributed by atoms with van der Waals surface area (Å²) in [5.41, 5.74) is 2.57. The Hall–Kier alpha value is -3.02. The standard InChI is InChI=1S/C18H18N4O2/c1-13-18(24)22(16-8-3-2-7-15(16)21-13)11-9-17(23)20-12-14-6-4-5-10-19-14/h2-8,10H,9,11-12H2,1H3,(H,20,23). The second-order valence-electron chi connectivity index (χ2n) is 5.49. The van der Waals surface area contributed by atoms with E-state index in [0.717, 1.165) is 16.7 Å². The quantitative estimate of drug-likeness (QED) is 0.777. The largest absolute Gasteiger partial charge is 0.350 e. The molecule has 0 atom stereocenters. The minimum atomic E-state index is -0.161. The van der Waals surface area contributed by atoms with E-state index in [4.69, 9.17) is 0 Å². The van der Waals surface area contributed by atoms with Crippen molar-refractivity contribution in [2.24, 2.45) is 0 Å². The smallest absolute Gasteiger partial charge is 0.272 e. The lowest BCUT2D eigenvalue weighted by Gasteiger charge is -2.11. The van der Waals surface area contributed by atoms with Crippen LogP contribution in [0.2, 0.25) is 0 Å². The van der Waals surface area contributed by atoms with Gasteiger partial charge in [-0.2, -0.15) is 0 Å². The molecule has 1 aromatic carbocycles. The summed E-state index contributed by atoms with van der Waals surface area (Å²) in [7, 11) is 0. The lowest BCUT2D eigenvalue weighted by molar-refractivity contribution is -0.121. The number of aromatic nitrogens is 3. The Balaban J connectivity index is 1.70. The number of carbonyl (C=O) groups excluding carboxylic acids is 1. The number of para-hydroxylation sites is 2. The number of nitrogens with one attached hydrogen (secondary N) is 1. The molecule has 6 nitrogen and oxygen atoms in total. The Labute approximate surface area is 139 Å². The van der Waals surface area contributed by atoms with Crippen LogP contribution in [0.3, 0.4) is 0 Å². The predicted molar refractivity (Wildman–Crippen MR) is 91.4 cm³/mol. The molecule has 2 heterocycles. The van der Waals surface area contributed by atoms with Gasteiger partial charge in [0.05, 0.1) is 23.3 Å². The summed E-state index contributed by atoms with van der Waals surface area (Å²) in [6.07, 6.45) is 1.91. The molecule has 0 fully saturated rings. The molecule has 3 rings (SSSR count). The molecule has 24 heavy (non-hydrogen) atoms. The highest BCUT2D eigenvalue weighted by molar-refractivity contribution is 5.77. The summed E-state index contributed by atoms with van der Waals surface area (Å²) in [6, 6.07) is 13.0. The predicted octanol–water partition coefficient (Wildman–Crippen LogP) is 1.81. The first-order valence-electron chi connectivity index (χ1n) is 7.78. The molecule has 6 heteroatoms. The maximum absolute atomic E-state index is 12.3. The van der Waals surface area contributed by atoms with Crippen LogP contribution in [0.25, 0.3) is 11.0 Å².